The molecule has 0 atom stereocenters. The second-order valence-corrected chi connectivity index (χ2v) is 3.66. The molecule has 0 aromatic heterocycles. The van der Waals surface area contributed by atoms with Crippen molar-refractivity contribution in [3.05, 3.63) is 29.8 Å². The minimum Gasteiger partial charge on any atom is -0.484 e. The lowest BCUT2D eigenvalue weighted by molar-refractivity contribution is -0.127. The van der Waals surface area contributed by atoms with Crippen molar-refractivity contribution < 1.29 is 14.3 Å². The van der Waals surface area contributed by atoms with Crippen molar-refractivity contribution in [2.24, 2.45) is 0 Å². The molecule has 0 radical (unpaired) electrons. The van der Waals surface area contributed by atoms with Crippen LogP contribution in [-0.4, -0.2) is 31.5 Å². The molecule has 0 aliphatic carbocycles. The molecule has 19 heavy (non-hydrogen) atoms. The third kappa shape index (κ3) is 5.55. The van der Waals surface area contributed by atoms with Gasteiger partial charge in [-0.3, -0.25) is 9.59 Å². The Balaban J connectivity index is 2.29. The van der Waals surface area contributed by atoms with Crippen molar-refractivity contribution in [1.82, 2.24) is 10.6 Å². The Kier molecular flexibility index (Phi) is 5.89. The highest BCUT2D eigenvalue weighted by atomic mass is 16.5. The first-order chi connectivity index (χ1) is 9.15. The molecule has 6 heteroatoms. The van der Waals surface area contributed by atoms with E-state index in [1.165, 1.54) is 0 Å². The van der Waals surface area contributed by atoms with Crippen LogP contribution < -0.4 is 15.4 Å². The monoisotopic (exact) mass is 261 g/mol. The van der Waals surface area contributed by atoms with Crippen molar-refractivity contribution in [3.8, 4) is 11.8 Å². The molecule has 0 aliphatic rings. The number of likely N-dealkylation sites (N-methyl/N-ethyl adjacent to an activating group) is 1. The molecule has 0 saturated carbocycles. The highest BCUT2D eigenvalue weighted by Crippen LogP contribution is 2.10. The zero-order valence-electron chi connectivity index (χ0n) is 10.6. The second kappa shape index (κ2) is 7.71. The molecule has 0 heterocycles. The van der Waals surface area contributed by atoms with Gasteiger partial charge in [-0.2, -0.15) is 5.26 Å². The van der Waals surface area contributed by atoms with Crippen LogP contribution in [0.4, 0.5) is 0 Å². The first-order valence-electron chi connectivity index (χ1n) is 5.82. The predicted molar refractivity (Wildman–Crippen MR) is 68.3 cm³/mol. The minimum absolute atomic E-state index is 0.0661. The number of hydrogen-bond donors (Lipinski definition) is 2. The number of amides is 2. The van der Waals surface area contributed by atoms with Crippen molar-refractivity contribution in [1.29, 1.82) is 5.26 Å². The van der Waals surface area contributed by atoms with Gasteiger partial charge in [0.25, 0.3) is 5.91 Å². The number of nitriles is 1. The standard InChI is InChI=1S/C13H15N3O3/c1-2-15-12(17)8-16-13(18)9-19-11-5-3-10(7-14)4-6-11/h3-6H,2,8-9H2,1H3,(H,15,17)(H,16,18). The average molecular weight is 261 g/mol. The average Bonchev–Trinajstić information content (AvgIpc) is 2.44. The van der Waals surface area contributed by atoms with E-state index in [2.05, 4.69) is 10.6 Å². The lowest BCUT2D eigenvalue weighted by Crippen LogP contribution is -2.38. The molecular weight excluding hydrogens is 246 g/mol. The maximum atomic E-state index is 11.4. The normalized spacial score (nSPS) is 9.26. The molecule has 0 aliphatic heterocycles. The van der Waals surface area contributed by atoms with Gasteiger partial charge in [0, 0.05) is 6.54 Å². The van der Waals surface area contributed by atoms with Crippen molar-refractivity contribution in [2.75, 3.05) is 19.7 Å². The fraction of sp³-hybridized carbons (Fsp3) is 0.308. The highest BCUT2D eigenvalue weighted by Gasteiger charge is 2.05. The fourth-order valence-corrected chi connectivity index (χ4v) is 1.26. The van der Waals surface area contributed by atoms with Crippen LogP contribution in [0.5, 0.6) is 5.75 Å². The molecule has 0 saturated heterocycles. The number of hydrogen-bond acceptors (Lipinski definition) is 4. The predicted octanol–water partition coefficient (Wildman–Crippen LogP) is 0.189. The lowest BCUT2D eigenvalue weighted by Gasteiger charge is -2.07. The fourth-order valence-electron chi connectivity index (χ4n) is 1.26. The molecule has 1 aromatic carbocycles. The topological polar surface area (TPSA) is 91.2 Å². The Hall–Kier alpha value is -2.55. The van der Waals surface area contributed by atoms with Crippen LogP contribution in [0.25, 0.3) is 0 Å². The zero-order valence-corrected chi connectivity index (χ0v) is 10.6. The van der Waals surface area contributed by atoms with E-state index in [9.17, 15) is 9.59 Å². The summed E-state index contributed by atoms with van der Waals surface area (Å²) in [5.41, 5.74) is 0.521. The van der Waals surface area contributed by atoms with E-state index in [-0.39, 0.29) is 25.0 Å². The number of ether oxygens (including phenoxy) is 1. The van der Waals surface area contributed by atoms with Gasteiger partial charge in [-0.25, -0.2) is 0 Å². The van der Waals surface area contributed by atoms with Crippen LogP contribution in [0.15, 0.2) is 24.3 Å². The molecule has 6 nitrogen and oxygen atoms in total. The van der Waals surface area contributed by atoms with E-state index in [1.54, 1.807) is 31.2 Å². The summed E-state index contributed by atoms with van der Waals surface area (Å²) in [6.07, 6.45) is 0. The number of nitrogens with one attached hydrogen (secondary N) is 2. The Labute approximate surface area is 111 Å². The van der Waals surface area contributed by atoms with E-state index in [4.69, 9.17) is 10.00 Å². The van der Waals surface area contributed by atoms with Crippen LogP contribution in [0.2, 0.25) is 0 Å². The second-order valence-electron chi connectivity index (χ2n) is 3.66. The van der Waals surface area contributed by atoms with Gasteiger partial charge >= 0.3 is 0 Å². The molecule has 2 N–H and O–H groups in total. The maximum Gasteiger partial charge on any atom is 0.258 e. The van der Waals surface area contributed by atoms with E-state index < -0.39 is 0 Å². The Morgan fingerprint density at radius 3 is 2.47 bits per heavy atom. The number of rotatable bonds is 6. The quantitative estimate of drug-likeness (QED) is 0.764. The van der Waals surface area contributed by atoms with Gasteiger partial charge in [-0.05, 0) is 31.2 Å². The summed E-state index contributed by atoms with van der Waals surface area (Å²) < 4.78 is 5.21. The van der Waals surface area contributed by atoms with Crippen LogP contribution >= 0.6 is 0 Å². The summed E-state index contributed by atoms with van der Waals surface area (Å²) >= 11 is 0. The molecule has 0 spiro atoms. The van der Waals surface area contributed by atoms with E-state index in [0.29, 0.717) is 17.9 Å². The summed E-state index contributed by atoms with van der Waals surface area (Å²) in [5.74, 6) is -0.128. The van der Waals surface area contributed by atoms with Gasteiger partial charge in [0.05, 0.1) is 18.2 Å². The van der Waals surface area contributed by atoms with Gasteiger partial charge < -0.3 is 15.4 Å². The van der Waals surface area contributed by atoms with Gasteiger partial charge in [-0.1, -0.05) is 0 Å². The Bertz CT molecular complexity index is 477. The first kappa shape index (κ1) is 14.5. The van der Waals surface area contributed by atoms with Gasteiger partial charge in [-0.15, -0.1) is 0 Å². The molecule has 0 fully saturated rings. The molecule has 100 valence electrons. The van der Waals surface area contributed by atoms with Gasteiger partial charge in [0.1, 0.15) is 5.75 Å². The smallest absolute Gasteiger partial charge is 0.258 e. The summed E-state index contributed by atoms with van der Waals surface area (Å²) in [4.78, 5) is 22.5. The molecule has 2 amide bonds. The van der Waals surface area contributed by atoms with Crippen LogP contribution in [0.3, 0.4) is 0 Å². The molecule has 0 unspecified atom stereocenters. The summed E-state index contributed by atoms with van der Waals surface area (Å²) in [5, 5.41) is 13.6. The maximum absolute atomic E-state index is 11.4. The molecule has 1 rings (SSSR count). The highest BCUT2D eigenvalue weighted by molar-refractivity contribution is 5.85. The van der Waals surface area contributed by atoms with Gasteiger partial charge in [0.15, 0.2) is 6.61 Å². The summed E-state index contributed by atoms with van der Waals surface area (Å²) in [7, 11) is 0. The SMILES string of the molecule is CCNC(=O)CNC(=O)COc1ccc(C#N)cc1. The van der Waals surface area contributed by atoms with Crippen LogP contribution in [0, 0.1) is 11.3 Å². The van der Waals surface area contributed by atoms with E-state index >= 15 is 0 Å². The largest absolute Gasteiger partial charge is 0.484 e. The van der Waals surface area contributed by atoms with Crippen LogP contribution in [-0.2, 0) is 9.59 Å². The number of carbonyl (C=O) groups excluding carboxylic acids is 2. The zero-order chi connectivity index (χ0) is 14.1. The molecular formula is C13H15N3O3. The Morgan fingerprint density at radius 2 is 1.89 bits per heavy atom. The summed E-state index contributed by atoms with van der Waals surface area (Å²) in [6.45, 7) is 2.08. The number of benzene rings is 1. The minimum atomic E-state index is -0.379. The molecule has 1 aromatic rings. The van der Waals surface area contributed by atoms with Crippen LogP contribution in [0.1, 0.15) is 12.5 Å². The van der Waals surface area contributed by atoms with Crippen molar-refractivity contribution >= 4 is 11.8 Å². The number of nitrogens with zero attached hydrogens (tertiary/aromatic N) is 1. The van der Waals surface area contributed by atoms with E-state index in [1.807, 2.05) is 6.07 Å². The lowest BCUT2D eigenvalue weighted by atomic mass is 10.2. The third-order valence-corrected chi connectivity index (χ3v) is 2.17. The van der Waals surface area contributed by atoms with Crippen molar-refractivity contribution in [2.45, 2.75) is 6.92 Å². The summed E-state index contributed by atoms with van der Waals surface area (Å²) in [6, 6.07) is 8.40. The Morgan fingerprint density at radius 1 is 1.21 bits per heavy atom. The first-order valence-corrected chi connectivity index (χ1v) is 5.82. The van der Waals surface area contributed by atoms with Gasteiger partial charge in [0.2, 0.25) is 5.91 Å². The third-order valence-electron chi connectivity index (χ3n) is 2.17. The van der Waals surface area contributed by atoms with E-state index in [0.717, 1.165) is 0 Å². The van der Waals surface area contributed by atoms with Crippen molar-refractivity contribution in [3.63, 3.8) is 0 Å². The molecule has 0 bridgehead atoms. The number of carbonyl (C=O) groups is 2.